The first-order valence-electron chi connectivity index (χ1n) is 7.26. The van der Waals surface area contributed by atoms with Crippen LogP contribution < -0.4 is 15.5 Å². The summed E-state index contributed by atoms with van der Waals surface area (Å²) >= 11 is 6.29. The van der Waals surface area contributed by atoms with Gasteiger partial charge >= 0.3 is 0 Å². The lowest BCUT2D eigenvalue weighted by atomic mass is 10.1. The summed E-state index contributed by atoms with van der Waals surface area (Å²) in [5, 5.41) is 0.825. The number of aryl methyl sites for hydroxylation is 1. The van der Waals surface area contributed by atoms with Crippen molar-refractivity contribution >= 4 is 28.7 Å². The summed E-state index contributed by atoms with van der Waals surface area (Å²) in [6, 6.07) is 14.2. The summed E-state index contributed by atoms with van der Waals surface area (Å²) in [5.74, 6) is 0. The molecule has 0 amide bonds. The minimum Gasteiger partial charge on any atom is -0.399 e. The molecule has 0 spiro atoms. The number of piperazine rings is 1. The first kappa shape index (κ1) is 14.1. The van der Waals surface area contributed by atoms with E-state index in [4.69, 9.17) is 17.3 Å². The predicted octanol–water partition coefficient (Wildman–Crippen LogP) is 3.56. The molecular formula is C17H20ClN3. The molecule has 2 aromatic rings. The normalized spacial score (nSPS) is 15.3. The monoisotopic (exact) mass is 301 g/mol. The summed E-state index contributed by atoms with van der Waals surface area (Å²) in [7, 11) is 0. The van der Waals surface area contributed by atoms with Gasteiger partial charge in [-0.05, 0) is 36.8 Å². The zero-order chi connectivity index (χ0) is 14.8. The molecule has 1 saturated heterocycles. The molecule has 110 valence electrons. The number of para-hydroxylation sites is 1. The summed E-state index contributed by atoms with van der Waals surface area (Å²) in [4.78, 5) is 4.75. The highest BCUT2D eigenvalue weighted by Crippen LogP contribution is 2.28. The lowest BCUT2D eigenvalue weighted by molar-refractivity contribution is 0.652. The number of nitrogens with two attached hydrogens (primary N) is 1. The molecule has 0 bridgehead atoms. The number of benzene rings is 2. The van der Waals surface area contributed by atoms with E-state index in [-0.39, 0.29) is 0 Å². The highest BCUT2D eigenvalue weighted by molar-refractivity contribution is 6.33. The Morgan fingerprint density at radius 1 is 0.905 bits per heavy atom. The molecule has 1 fully saturated rings. The average molecular weight is 302 g/mol. The second-order valence-corrected chi connectivity index (χ2v) is 5.88. The third-order valence-corrected chi connectivity index (χ3v) is 4.37. The van der Waals surface area contributed by atoms with Crippen molar-refractivity contribution in [3.05, 3.63) is 53.1 Å². The van der Waals surface area contributed by atoms with Gasteiger partial charge in [0.1, 0.15) is 0 Å². The second kappa shape index (κ2) is 5.86. The van der Waals surface area contributed by atoms with E-state index in [0.717, 1.165) is 42.6 Å². The van der Waals surface area contributed by atoms with Crippen molar-refractivity contribution in [3.8, 4) is 0 Å². The van der Waals surface area contributed by atoms with Gasteiger partial charge in [-0.2, -0.15) is 0 Å². The maximum absolute atomic E-state index is 6.29. The van der Waals surface area contributed by atoms with E-state index in [9.17, 15) is 0 Å². The van der Waals surface area contributed by atoms with Crippen molar-refractivity contribution in [1.82, 2.24) is 0 Å². The minimum absolute atomic E-state index is 0.823. The van der Waals surface area contributed by atoms with Gasteiger partial charge in [-0.25, -0.2) is 0 Å². The van der Waals surface area contributed by atoms with Crippen molar-refractivity contribution in [2.75, 3.05) is 41.7 Å². The SMILES string of the molecule is Cc1ccc(N)cc1N1CCN(c2ccccc2Cl)CC1. The van der Waals surface area contributed by atoms with E-state index in [1.54, 1.807) is 0 Å². The number of nitrogens with zero attached hydrogens (tertiary/aromatic N) is 2. The number of halogens is 1. The number of rotatable bonds is 2. The van der Waals surface area contributed by atoms with Crippen LogP contribution in [0.15, 0.2) is 42.5 Å². The first-order valence-corrected chi connectivity index (χ1v) is 7.63. The molecule has 1 heterocycles. The molecule has 0 unspecified atom stereocenters. The fraction of sp³-hybridized carbons (Fsp3) is 0.294. The fourth-order valence-corrected chi connectivity index (χ4v) is 3.12. The van der Waals surface area contributed by atoms with Gasteiger partial charge < -0.3 is 15.5 Å². The molecule has 1 aliphatic heterocycles. The number of nitrogen functional groups attached to an aromatic ring is 1. The molecule has 0 aliphatic carbocycles. The standard InChI is InChI=1S/C17H20ClN3/c1-13-6-7-14(19)12-17(13)21-10-8-20(9-11-21)16-5-3-2-4-15(16)18/h2-7,12H,8-11,19H2,1H3. The van der Waals surface area contributed by atoms with Crippen LogP contribution in [0.2, 0.25) is 5.02 Å². The zero-order valence-corrected chi connectivity index (χ0v) is 13.0. The summed E-state index contributed by atoms with van der Waals surface area (Å²) in [5.41, 5.74) is 10.4. The van der Waals surface area contributed by atoms with Crippen molar-refractivity contribution in [1.29, 1.82) is 0 Å². The predicted molar refractivity (Wildman–Crippen MR) is 91.5 cm³/mol. The Kier molecular flexibility index (Phi) is 3.93. The van der Waals surface area contributed by atoms with Crippen LogP contribution in [0.4, 0.5) is 17.1 Å². The quantitative estimate of drug-likeness (QED) is 0.861. The Labute approximate surface area is 130 Å². The number of hydrogen-bond acceptors (Lipinski definition) is 3. The largest absolute Gasteiger partial charge is 0.399 e. The third-order valence-electron chi connectivity index (χ3n) is 4.05. The molecule has 4 heteroatoms. The van der Waals surface area contributed by atoms with E-state index in [1.165, 1.54) is 11.3 Å². The molecule has 0 radical (unpaired) electrons. The molecule has 2 aromatic carbocycles. The molecule has 0 saturated carbocycles. The molecule has 3 nitrogen and oxygen atoms in total. The maximum atomic E-state index is 6.29. The van der Waals surface area contributed by atoms with Crippen molar-refractivity contribution in [2.24, 2.45) is 0 Å². The van der Waals surface area contributed by atoms with Gasteiger partial charge in [0, 0.05) is 37.6 Å². The molecule has 3 rings (SSSR count). The molecule has 21 heavy (non-hydrogen) atoms. The lowest BCUT2D eigenvalue weighted by Crippen LogP contribution is -2.46. The topological polar surface area (TPSA) is 32.5 Å². The molecule has 0 atom stereocenters. The van der Waals surface area contributed by atoms with E-state index in [1.807, 2.05) is 24.3 Å². The Morgan fingerprint density at radius 3 is 2.19 bits per heavy atom. The Morgan fingerprint density at radius 2 is 1.52 bits per heavy atom. The van der Waals surface area contributed by atoms with Crippen LogP contribution in [0.1, 0.15) is 5.56 Å². The summed E-state index contributed by atoms with van der Waals surface area (Å²) in [6.07, 6.45) is 0. The van der Waals surface area contributed by atoms with Crippen LogP contribution in [0.25, 0.3) is 0 Å². The zero-order valence-electron chi connectivity index (χ0n) is 12.2. The van der Waals surface area contributed by atoms with Crippen LogP contribution in [0.3, 0.4) is 0 Å². The molecule has 1 aliphatic rings. The average Bonchev–Trinajstić information content (AvgIpc) is 2.50. The van der Waals surface area contributed by atoms with Gasteiger partial charge in [0.15, 0.2) is 0 Å². The van der Waals surface area contributed by atoms with Gasteiger partial charge in [0.05, 0.1) is 10.7 Å². The van der Waals surface area contributed by atoms with E-state index < -0.39 is 0 Å². The Hall–Kier alpha value is -1.87. The first-order chi connectivity index (χ1) is 10.1. The third kappa shape index (κ3) is 2.93. The van der Waals surface area contributed by atoms with Crippen molar-refractivity contribution in [2.45, 2.75) is 6.92 Å². The van der Waals surface area contributed by atoms with Crippen LogP contribution >= 0.6 is 11.6 Å². The van der Waals surface area contributed by atoms with Crippen molar-refractivity contribution < 1.29 is 0 Å². The van der Waals surface area contributed by atoms with E-state index in [2.05, 4.69) is 34.9 Å². The smallest absolute Gasteiger partial charge is 0.0639 e. The summed E-state index contributed by atoms with van der Waals surface area (Å²) in [6.45, 7) is 6.04. The summed E-state index contributed by atoms with van der Waals surface area (Å²) < 4.78 is 0. The Bertz CT molecular complexity index is 634. The number of anilines is 3. The van der Waals surface area contributed by atoms with Crippen LogP contribution in [-0.2, 0) is 0 Å². The van der Waals surface area contributed by atoms with Crippen molar-refractivity contribution in [3.63, 3.8) is 0 Å². The minimum atomic E-state index is 0.823. The van der Waals surface area contributed by atoms with E-state index >= 15 is 0 Å². The number of hydrogen-bond donors (Lipinski definition) is 1. The van der Waals surface area contributed by atoms with Crippen LogP contribution in [-0.4, -0.2) is 26.2 Å². The lowest BCUT2D eigenvalue weighted by Gasteiger charge is -2.38. The Balaban J connectivity index is 1.73. The molecular weight excluding hydrogens is 282 g/mol. The molecule has 0 aromatic heterocycles. The van der Waals surface area contributed by atoms with Gasteiger partial charge in [-0.3, -0.25) is 0 Å². The molecule has 2 N–H and O–H groups in total. The van der Waals surface area contributed by atoms with Gasteiger partial charge in [0.2, 0.25) is 0 Å². The second-order valence-electron chi connectivity index (χ2n) is 5.47. The van der Waals surface area contributed by atoms with Crippen LogP contribution in [0.5, 0.6) is 0 Å². The van der Waals surface area contributed by atoms with Gasteiger partial charge in [-0.1, -0.05) is 29.8 Å². The van der Waals surface area contributed by atoms with E-state index in [0.29, 0.717) is 0 Å². The highest BCUT2D eigenvalue weighted by Gasteiger charge is 2.20. The highest BCUT2D eigenvalue weighted by atomic mass is 35.5. The van der Waals surface area contributed by atoms with Gasteiger partial charge in [0.25, 0.3) is 0 Å². The fourth-order valence-electron chi connectivity index (χ4n) is 2.86. The van der Waals surface area contributed by atoms with Crippen LogP contribution in [0, 0.1) is 6.92 Å². The maximum Gasteiger partial charge on any atom is 0.0639 e. The van der Waals surface area contributed by atoms with Gasteiger partial charge in [-0.15, -0.1) is 0 Å².